The SMILES string of the molecule is COc1cc(CC(=O)OCC2CCC(=O)N2)ccc1C. The van der Waals surface area contributed by atoms with Gasteiger partial charge in [-0.1, -0.05) is 12.1 Å². The molecule has 1 saturated heterocycles. The van der Waals surface area contributed by atoms with E-state index in [1.165, 1.54) is 0 Å². The molecule has 0 aliphatic carbocycles. The number of carbonyl (C=O) groups is 2. The Labute approximate surface area is 118 Å². The van der Waals surface area contributed by atoms with Gasteiger partial charge in [0.25, 0.3) is 0 Å². The first-order chi connectivity index (χ1) is 9.58. The van der Waals surface area contributed by atoms with Crippen LogP contribution in [-0.4, -0.2) is 31.6 Å². The van der Waals surface area contributed by atoms with Crippen molar-refractivity contribution in [2.24, 2.45) is 0 Å². The quantitative estimate of drug-likeness (QED) is 0.826. The van der Waals surface area contributed by atoms with E-state index in [0.29, 0.717) is 6.42 Å². The van der Waals surface area contributed by atoms with Crippen LogP contribution in [0.25, 0.3) is 0 Å². The molecule has 0 spiro atoms. The van der Waals surface area contributed by atoms with E-state index in [2.05, 4.69) is 5.32 Å². The zero-order chi connectivity index (χ0) is 14.5. The number of benzene rings is 1. The van der Waals surface area contributed by atoms with E-state index in [9.17, 15) is 9.59 Å². The molecule has 5 heteroatoms. The summed E-state index contributed by atoms with van der Waals surface area (Å²) < 4.78 is 10.4. The molecule has 0 saturated carbocycles. The van der Waals surface area contributed by atoms with Crippen LogP contribution in [0.2, 0.25) is 0 Å². The molecular formula is C15H19NO4. The Morgan fingerprint density at radius 1 is 1.45 bits per heavy atom. The van der Waals surface area contributed by atoms with Crippen molar-refractivity contribution in [1.29, 1.82) is 0 Å². The summed E-state index contributed by atoms with van der Waals surface area (Å²) in [6, 6.07) is 5.60. The van der Waals surface area contributed by atoms with Crippen LogP contribution < -0.4 is 10.1 Å². The molecule has 0 bridgehead atoms. The standard InChI is InChI=1S/C15H19NO4/c1-10-3-4-11(7-13(10)19-2)8-15(18)20-9-12-5-6-14(17)16-12/h3-4,7,12H,5-6,8-9H2,1-2H3,(H,16,17). The Bertz CT molecular complexity index is 513. The lowest BCUT2D eigenvalue weighted by Crippen LogP contribution is -2.31. The van der Waals surface area contributed by atoms with Crippen molar-refractivity contribution in [2.75, 3.05) is 13.7 Å². The first-order valence-electron chi connectivity index (χ1n) is 6.67. The second kappa shape index (κ2) is 6.41. The summed E-state index contributed by atoms with van der Waals surface area (Å²) in [5.41, 5.74) is 1.88. The number of methoxy groups -OCH3 is 1. The van der Waals surface area contributed by atoms with E-state index >= 15 is 0 Å². The van der Waals surface area contributed by atoms with Crippen molar-refractivity contribution in [1.82, 2.24) is 5.32 Å². The fraction of sp³-hybridized carbons (Fsp3) is 0.467. The maximum Gasteiger partial charge on any atom is 0.310 e. The zero-order valence-electron chi connectivity index (χ0n) is 11.8. The lowest BCUT2D eigenvalue weighted by molar-refractivity contribution is -0.143. The number of hydrogen-bond acceptors (Lipinski definition) is 4. The molecule has 5 nitrogen and oxygen atoms in total. The van der Waals surface area contributed by atoms with Crippen LogP contribution in [0.1, 0.15) is 24.0 Å². The highest BCUT2D eigenvalue weighted by molar-refractivity contribution is 5.78. The smallest absolute Gasteiger partial charge is 0.310 e. The van der Waals surface area contributed by atoms with Crippen molar-refractivity contribution < 1.29 is 19.1 Å². The molecule has 1 N–H and O–H groups in total. The van der Waals surface area contributed by atoms with Crippen LogP contribution in [0, 0.1) is 6.92 Å². The maximum absolute atomic E-state index is 11.8. The number of aryl methyl sites for hydroxylation is 1. The molecule has 0 radical (unpaired) electrons. The van der Waals surface area contributed by atoms with Gasteiger partial charge in [0.15, 0.2) is 0 Å². The van der Waals surface area contributed by atoms with Crippen molar-refractivity contribution in [2.45, 2.75) is 32.2 Å². The number of nitrogens with one attached hydrogen (secondary N) is 1. The minimum Gasteiger partial charge on any atom is -0.496 e. The minimum atomic E-state index is -0.294. The second-order valence-corrected chi connectivity index (χ2v) is 4.97. The van der Waals surface area contributed by atoms with Gasteiger partial charge in [-0.25, -0.2) is 0 Å². The van der Waals surface area contributed by atoms with Gasteiger partial charge in [-0.15, -0.1) is 0 Å². The third-order valence-corrected chi connectivity index (χ3v) is 3.35. The molecule has 1 aliphatic heterocycles. The van der Waals surface area contributed by atoms with Crippen molar-refractivity contribution in [3.8, 4) is 5.75 Å². The Balaban J connectivity index is 1.83. The Morgan fingerprint density at radius 3 is 2.90 bits per heavy atom. The number of ether oxygens (including phenoxy) is 2. The second-order valence-electron chi connectivity index (χ2n) is 4.97. The minimum absolute atomic E-state index is 0.0225. The van der Waals surface area contributed by atoms with Crippen LogP contribution in [0.15, 0.2) is 18.2 Å². The predicted molar refractivity (Wildman–Crippen MR) is 73.6 cm³/mol. The van der Waals surface area contributed by atoms with Gasteiger partial charge in [0.1, 0.15) is 12.4 Å². The number of esters is 1. The van der Waals surface area contributed by atoms with Gasteiger partial charge in [0.2, 0.25) is 5.91 Å². The third-order valence-electron chi connectivity index (χ3n) is 3.35. The molecule has 0 aromatic heterocycles. The van der Waals surface area contributed by atoms with E-state index in [1.807, 2.05) is 25.1 Å². The highest BCUT2D eigenvalue weighted by Gasteiger charge is 2.21. The molecular weight excluding hydrogens is 258 g/mol. The molecule has 1 atom stereocenters. The van der Waals surface area contributed by atoms with Crippen LogP contribution in [0.4, 0.5) is 0 Å². The lowest BCUT2D eigenvalue weighted by Gasteiger charge is -2.11. The molecule has 1 fully saturated rings. The predicted octanol–water partition coefficient (Wildman–Crippen LogP) is 1.37. The highest BCUT2D eigenvalue weighted by Crippen LogP contribution is 2.19. The Hall–Kier alpha value is -2.04. The number of rotatable bonds is 5. The van der Waals surface area contributed by atoms with E-state index < -0.39 is 0 Å². The largest absolute Gasteiger partial charge is 0.496 e. The van der Waals surface area contributed by atoms with Gasteiger partial charge in [0.05, 0.1) is 19.6 Å². The molecule has 1 amide bonds. The summed E-state index contributed by atoms with van der Waals surface area (Å²) in [6.07, 6.45) is 1.44. The van der Waals surface area contributed by atoms with Gasteiger partial charge in [0, 0.05) is 6.42 Å². The topological polar surface area (TPSA) is 64.6 Å². The van der Waals surface area contributed by atoms with Gasteiger partial charge < -0.3 is 14.8 Å². The van der Waals surface area contributed by atoms with Crippen LogP contribution in [-0.2, 0) is 20.7 Å². The summed E-state index contributed by atoms with van der Waals surface area (Å²) in [5.74, 6) is 0.490. The maximum atomic E-state index is 11.8. The number of hydrogen-bond donors (Lipinski definition) is 1. The van der Waals surface area contributed by atoms with Crippen LogP contribution in [0.3, 0.4) is 0 Å². The normalized spacial score (nSPS) is 17.7. The van der Waals surface area contributed by atoms with Crippen molar-refractivity contribution in [3.63, 3.8) is 0 Å². The first kappa shape index (κ1) is 14.4. The lowest BCUT2D eigenvalue weighted by atomic mass is 10.1. The highest BCUT2D eigenvalue weighted by atomic mass is 16.5. The van der Waals surface area contributed by atoms with Crippen molar-refractivity contribution in [3.05, 3.63) is 29.3 Å². The fourth-order valence-electron chi connectivity index (χ4n) is 2.19. The number of amides is 1. The summed E-state index contributed by atoms with van der Waals surface area (Å²) in [7, 11) is 1.60. The third kappa shape index (κ3) is 3.73. The van der Waals surface area contributed by atoms with Gasteiger partial charge in [-0.05, 0) is 30.5 Å². The first-order valence-corrected chi connectivity index (χ1v) is 6.67. The van der Waals surface area contributed by atoms with Gasteiger partial charge in [-0.3, -0.25) is 9.59 Å². The number of carbonyl (C=O) groups excluding carboxylic acids is 2. The zero-order valence-corrected chi connectivity index (χ0v) is 11.8. The van der Waals surface area contributed by atoms with Crippen LogP contribution in [0.5, 0.6) is 5.75 Å². The van der Waals surface area contributed by atoms with E-state index in [-0.39, 0.29) is 30.9 Å². The molecule has 1 unspecified atom stereocenters. The average molecular weight is 277 g/mol. The van der Waals surface area contributed by atoms with Crippen molar-refractivity contribution >= 4 is 11.9 Å². The molecule has 2 rings (SSSR count). The molecule has 1 aromatic carbocycles. The fourth-order valence-corrected chi connectivity index (χ4v) is 2.19. The van der Waals surface area contributed by atoms with E-state index in [0.717, 1.165) is 23.3 Å². The molecule has 1 aromatic rings. The Kier molecular flexibility index (Phi) is 4.61. The van der Waals surface area contributed by atoms with Gasteiger partial charge in [-0.2, -0.15) is 0 Å². The summed E-state index contributed by atoms with van der Waals surface area (Å²) in [4.78, 5) is 22.8. The Morgan fingerprint density at radius 2 is 2.25 bits per heavy atom. The monoisotopic (exact) mass is 277 g/mol. The summed E-state index contributed by atoms with van der Waals surface area (Å²) in [5, 5.41) is 2.76. The molecule has 1 heterocycles. The van der Waals surface area contributed by atoms with E-state index in [4.69, 9.17) is 9.47 Å². The summed E-state index contributed by atoms with van der Waals surface area (Å²) in [6.45, 7) is 2.19. The average Bonchev–Trinajstić information content (AvgIpc) is 2.84. The molecule has 20 heavy (non-hydrogen) atoms. The molecule has 1 aliphatic rings. The summed E-state index contributed by atoms with van der Waals surface area (Å²) >= 11 is 0. The van der Waals surface area contributed by atoms with E-state index in [1.54, 1.807) is 7.11 Å². The molecule has 108 valence electrons. The van der Waals surface area contributed by atoms with Crippen LogP contribution >= 0.6 is 0 Å². The van der Waals surface area contributed by atoms with Gasteiger partial charge >= 0.3 is 5.97 Å².